The van der Waals surface area contributed by atoms with E-state index in [1.54, 1.807) is 11.9 Å². The molecule has 7 nitrogen and oxygen atoms in total. The Morgan fingerprint density at radius 1 is 1.03 bits per heavy atom. The molecule has 1 fully saturated rings. The summed E-state index contributed by atoms with van der Waals surface area (Å²) in [6.45, 7) is 4.73. The van der Waals surface area contributed by atoms with Crippen LogP contribution in [0.1, 0.15) is 11.1 Å². The number of hydrogen-bond acceptors (Lipinski definition) is 5. The average Bonchev–Trinajstić information content (AvgIpc) is 2.82. The maximum atomic E-state index is 13.1. The molecular formula is C24H31N3O4. The van der Waals surface area contributed by atoms with Gasteiger partial charge in [-0.05, 0) is 11.1 Å². The minimum absolute atomic E-state index is 0.131. The molecule has 1 aliphatic heterocycles. The van der Waals surface area contributed by atoms with E-state index in [9.17, 15) is 9.59 Å². The highest BCUT2D eigenvalue weighted by Crippen LogP contribution is 2.08. The Balaban J connectivity index is 1.57. The molecule has 1 heterocycles. The summed E-state index contributed by atoms with van der Waals surface area (Å²) in [5.74, 6) is -0.131. The largest absolute Gasteiger partial charge is 0.445 e. The lowest BCUT2D eigenvalue weighted by Gasteiger charge is -2.30. The summed E-state index contributed by atoms with van der Waals surface area (Å²) >= 11 is 0. The first-order chi connectivity index (χ1) is 15.1. The van der Waals surface area contributed by atoms with Crippen LogP contribution in [0.2, 0.25) is 0 Å². The molecule has 1 saturated heterocycles. The summed E-state index contributed by atoms with van der Waals surface area (Å²) in [7, 11) is 1.78. The summed E-state index contributed by atoms with van der Waals surface area (Å²) in [6, 6.07) is 18.4. The van der Waals surface area contributed by atoms with Gasteiger partial charge in [-0.3, -0.25) is 9.69 Å². The van der Waals surface area contributed by atoms with Gasteiger partial charge in [0.15, 0.2) is 0 Å². The third kappa shape index (κ3) is 7.70. The predicted molar refractivity (Wildman–Crippen MR) is 119 cm³/mol. The van der Waals surface area contributed by atoms with E-state index < -0.39 is 12.1 Å². The highest BCUT2D eigenvalue weighted by Gasteiger charge is 2.25. The highest BCUT2D eigenvalue weighted by atomic mass is 16.5. The predicted octanol–water partition coefficient (Wildman–Crippen LogP) is 2.31. The van der Waals surface area contributed by atoms with Crippen LogP contribution in [0.25, 0.3) is 0 Å². The zero-order chi connectivity index (χ0) is 21.9. The highest BCUT2D eigenvalue weighted by molar-refractivity contribution is 5.85. The maximum Gasteiger partial charge on any atom is 0.408 e. The van der Waals surface area contributed by atoms with Gasteiger partial charge in [-0.2, -0.15) is 0 Å². The molecule has 0 spiro atoms. The quantitative estimate of drug-likeness (QED) is 0.668. The topological polar surface area (TPSA) is 71.1 Å². The number of hydrogen-bond donors (Lipinski definition) is 1. The lowest BCUT2D eigenvalue weighted by Crippen LogP contribution is -2.50. The van der Waals surface area contributed by atoms with Crippen LogP contribution in [-0.4, -0.2) is 74.3 Å². The van der Waals surface area contributed by atoms with Crippen LogP contribution in [-0.2, 0) is 27.3 Å². The fraction of sp³-hybridized carbons (Fsp3) is 0.417. The third-order valence-electron chi connectivity index (χ3n) is 5.32. The van der Waals surface area contributed by atoms with Crippen LogP contribution < -0.4 is 5.32 Å². The third-order valence-corrected chi connectivity index (χ3v) is 5.32. The van der Waals surface area contributed by atoms with Crippen molar-refractivity contribution in [3.8, 4) is 0 Å². The summed E-state index contributed by atoms with van der Waals surface area (Å²) < 4.78 is 10.7. The lowest BCUT2D eigenvalue weighted by atomic mass is 10.0. The van der Waals surface area contributed by atoms with Crippen LogP contribution >= 0.6 is 0 Å². The molecule has 31 heavy (non-hydrogen) atoms. The number of alkyl carbamates (subject to hydrolysis) is 1. The molecule has 0 aliphatic carbocycles. The summed E-state index contributed by atoms with van der Waals surface area (Å²) in [5.41, 5.74) is 1.87. The molecule has 166 valence electrons. The van der Waals surface area contributed by atoms with Gasteiger partial charge in [-0.15, -0.1) is 0 Å². The molecular weight excluding hydrogens is 394 g/mol. The first kappa shape index (κ1) is 22.8. The Hall–Kier alpha value is -2.90. The van der Waals surface area contributed by atoms with Crippen LogP contribution in [0.15, 0.2) is 60.7 Å². The van der Waals surface area contributed by atoms with Crippen molar-refractivity contribution >= 4 is 12.0 Å². The minimum Gasteiger partial charge on any atom is -0.445 e. The molecule has 0 bridgehead atoms. The summed E-state index contributed by atoms with van der Waals surface area (Å²) in [4.78, 5) is 29.5. The molecule has 2 amide bonds. The molecule has 1 N–H and O–H groups in total. The van der Waals surface area contributed by atoms with Gasteiger partial charge in [-0.25, -0.2) is 4.79 Å². The molecule has 0 radical (unpaired) electrons. The zero-order valence-corrected chi connectivity index (χ0v) is 18.0. The van der Waals surface area contributed by atoms with Crippen LogP contribution in [0, 0.1) is 0 Å². The molecule has 7 heteroatoms. The van der Waals surface area contributed by atoms with Gasteiger partial charge in [0, 0.05) is 39.6 Å². The first-order valence-corrected chi connectivity index (χ1v) is 10.7. The summed E-state index contributed by atoms with van der Waals surface area (Å²) in [6.07, 6.45) is -0.193. The van der Waals surface area contributed by atoms with Crippen molar-refractivity contribution in [2.75, 3.05) is 46.4 Å². The van der Waals surface area contributed by atoms with Gasteiger partial charge in [0.25, 0.3) is 0 Å². The Morgan fingerprint density at radius 2 is 1.65 bits per heavy atom. The van der Waals surface area contributed by atoms with Crippen LogP contribution in [0.4, 0.5) is 4.79 Å². The van der Waals surface area contributed by atoms with Crippen LogP contribution in [0.5, 0.6) is 0 Å². The molecule has 0 aromatic heterocycles. The number of ether oxygens (including phenoxy) is 2. The van der Waals surface area contributed by atoms with E-state index >= 15 is 0 Å². The molecule has 2 aromatic carbocycles. The van der Waals surface area contributed by atoms with Crippen molar-refractivity contribution in [1.82, 2.24) is 15.1 Å². The van der Waals surface area contributed by atoms with E-state index in [1.807, 2.05) is 60.7 Å². The van der Waals surface area contributed by atoms with Gasteiger partial charge in [-0.1, -0.05) is 60.7 Å². The zero-order valence-electron chi connectivity index (χ0n) is 18.0. The van der Waals surface area contributed by atoms with E-state index in [1.165, 1.54) is 0 Å². The van der Waals surface area contributed by atoms with Gasteiger partial charge in [0.05, 0.1) is 13.2 Å². The van der Waals surface area contributed by atoms with Crippen LogP contribution in [0.3, 0.4) is 0 Å². The Morgan fingerprint density at radius 3 is 2.29 bits per heavy atom. The molecule has 1 aliphatic rings. The second-order valence-electron chi connectivity index (χ2n) is 7.66. The Labute approximate surface area is 183 Å². The van der Waals surface area contributed by atoms with Gasteiger partial charge in [0.1, 0.15) is 12.6 Å². The number of carbonyl (C=O) groups excluding carboxylic acids is 2. The SMILES string of the molecule is CN(CCN1CCOCC1)C(=O)[C@H](Cc1ccccc1)NC(=O)OCc1ccccc1. The number of nitrogens with zero attached hydrogens (tertiary/aromatic N) is 2. The second kappa shape index (κ2) is 12.1. The normalized spacial score (nSPS) is 15.1. The van der Waals surface area contributed by atoms with Gasteiger partial charge in [0.2, 0.25) is 5.91 Å². The standard InChI is InChI=1S/C24H31N3O4/c1-26(12-13-27-14-16-30-17-15-27)23(28)22(18-20-8-4-2-5-9-20)25-24(29)31-19-21-10-6-3-7-11-21/h2-11,22H,12-19H2,1H3,(H,25,29)/t22-/m0/s1. The van der Waals surface area contributed by atoms with Gasteiger partial charge < -0.3 is 19.7 Å². The van der Waals surface area contributed by atoms with Crippen molar-refractivity contribution in [1.29, 1.82) is 0 Å². The van der Waals surface area contributed by atoms with Crippen molar-refractivity contribution < 1.29 is 19.1 Å². The number of nitrogens with one attached hydrogen (secondary N) is 1. The Bertz CT molecular complexity index is 810. The van der Waals surface area contributed by atoms with E-state index in [4.69, 9.17) is 9.47 Å². The fourth-order valence-electron chi connectivity index (χ4n) is 3.45. The molecule has 3 rings (SSSR count). The number of benzene rings is 2. The minimum atomic E-state index is -0.694. The molecule has 0 unspecified atom stereocenters. The number of rotatable bonds is 9. The monoisotopic (exact) mass is 425 g/mol. The van der Waals surface area contributed by atoms with Crippen molar-refractivity contribution in [3.63, 3.8) is 0 Å². The second-order valence-corrected chi connectivity index (χ2v) is 7.66. The number of morpholine rings is 1. The van der Waals surface area contributed by atoms with E-state index in [-0.39, 0.29) is 12.5 Å². The van der Waals surface area contributed by atoms with E-state index in [2.05, 4.69) is 10.2 Å². The number of amides is 2. The van der Waals surface area contributed by atoms with E-state index in [0.717, 1.165) is 44.0 Å². The van der Waals surface area contributed by atoms with Crippen molar-refractivity contribution in [3.05, 3.63) is 71.8 Å². The summed E-state index contributed by atoms with van der Waals surface area (Å²) in [5, 5.41) is 2.77. The maximum absolute atomic E-state index is 13.1. The number of likely N-dealkylation sites (N-methyl/N-ethyl adjacent to an activating group) is 1. The fourth-order valence-corrected chi connectivity index (χ4v) is 3.45. The molecule has 0 saturated carbocycles. The molecule has 1 atom stereocenters. The smallest absolute Gasteiger partial charge is 0.408 e. The number of carbonyl (C=O) groups is 2. The molecule has 2 aromatic rings. The first-order valence-electron chi connectivity index (χ1n) is 10.7. The Kier molecular flexibility index (Phi) is 8.87. The van der Waals surface area contributed by atoms with Crippen molar-refractivity contribution in [2.45, 2.75) is 19.1 Å². The van der Waals surface area contributed by atoms with Crippen molar-refractivity contribution in [2.24, 2.45) is 0 Å². The lowest BCUT2D eigenvalue weighted by molar-refractivity contribution is -0.132. The van der Waals surface area contributed by atoms with E-state index in [0.29, 0.717) is 13.0 Å². The van der Waals surface area contributed by atoms with Gasteiger partial charge >= 0.3 is 6.09 Å². The average molecular weight is 426 g/mol.